The molecule has 0 saturated heterocycles. The van der Waals surface area contributed by atoms with Crippen LogP contribution >= 0.6 is 11.6 Å². The third kappa shape index (κ3) is 6.96. The molecule has 0 aliphatic carbocycles. The molecule has 0 aliphatic heterocycles. The van der Waals surface area contributed by atoms with Crippen LogP contribution in [-0.4, -0.2) is 19.1 Å². The van der Waals surface area contributed by atoms with E-state index in [-0.39, 0.29) is 12.5 Å². The van der Waals surface area contributed by atoms with Crippen molar-refractivity contribution < 1.29 is 9.53 Å². The second-order valence-corrected chi connectivity index (χ2v) is 6.73. The highest BCUT2D eigenvalue weighted by atomic mass is 35.5. The maximum Gasteiger partial charge on any atom is 0.243 e. The van der Waals surface area contributed by atoms with Crippen molar-refractivity contribution in [3.05, 3.63) is 53.1 Å². The molecule has 2 N–H and O–H groups in total. The summed E-state index contributed by atoms with van der Waals surface area (Å²) in [5, 5.41) is 6.64. The second kappa shape index (κ2) is 10.7. The number of halogens is 1. The molecule has 2 rings (SSSR count). The average molecular weight is 375 g/mol. The molecule has 2 aromatic rings. The van der Waals surface area contributed by atoms with Crippen LogP contribution in [0.25, 0.3) is 0 Å². The zero-order valence-electron chi connectivity index (χ0n) is 15.5. The summed E-state index contributed by atoms with van der Waals surface area (Å²) < 4.78 is 5.75. The predicted octanol–water partition coefficient (Wildman–Crippen LogP) is 5.66. The quantitative estimate of drug-likeness (QED) is 0.527. The van der Waals surface area contributed by atoms with Crippen molar-refractivity contribution in [1.82, 2.24) is 0 Å². The molecule has 26 heavy (non-hydrogen) atoms. The number of hydrogen-bond acceptors (Lipinski definition) is 3. The molecule has 0 fully saturated rings. The third-order valence-electron chi connectivity index (χ3n) is 4.02. The number of aryl methyl sites for hydroxylation is 1. The molecule has 0 atom stereocenters. The summed E-state index contributed by atoms with van der Waals surface area (Å²) >= 11 is 5.99. The average Bonchev–Trinajstić information content (AvgIpc) is 2.62. The van der Waals surface area contributed by atoms with E-state index in [1.54, 1.807) is 0 Å². The Balaban J connectivity index is 1.81. The van der Waals surface area contributed by atoms with Crippen LogP contribution in [0.15, 0.2) is 42.5 Å². The minimum atomic E-state index is -0.121. The molecule has 0 heterocycles. The van der Waals surface area contributed by atoms with Gasteiger partial charge in [-0.25, -0.2) is 0 Å². The van der Waals surface area contributed by atoms with E-state index in [0.717, 1.165) is 29.1 Å². The van der Waals surface area contributed by atoms with Crippen LogP contribution in [0.2, 0.25) is 5.02 Å². The maximum absolute atomic E-state index is 12.2. The monoisotopic (exact) mass is 374 g/mol. The van der Waals surface area contributed by atoms with Crippen molar-refractivity contribution in [2.24, 2.45) is 0 Å². The molecule has 4 nitrogen and oxygen atoms in total. The van der Waals surface area contributed by atoms with E-state index in [1.807, 2.05) is 49.4 Å². The Morgan fingerprint density at radius 3 is 2.77 bits per heavy atom. The molecule has 0 aliphatic rings. The fourth-order valence-corrected chi connectivity index (χ4v) is 2.72. The molecule has 0 radical (unpaired) electrons. The lowest BCUT2D eigenvalue weighted by atomic mass is 10.2. The van der Waals surface area contributed by atoms with Crippen LogP contribution in [-0.2, 0) is 4.79 Å². The predicted molar refractivity (Wildman–Crippen MR) is 109 cm³/mol. The van der Waals surface area contributed by atoms with E-state index in [4.69, 9.17) is 16.3 Å². The lowest BCUT2D eigenvalue weighted by Crippen LogP contribution is -2.22. The SMILES string of the molecule is CCCCCCOc1cccc(NC(=O)CNc2cc(Cl)ccc2C)c1. The van der Waals surface area contributed by atoms with E-state index in [2.05, 4.69) is 17.6 Å². The van der Waals surface area contributed by atoms with Gasteiger partial charge < -0.3 is 15.4 Å². The van der Waals surface area contributed by atoms with E-state index in [0.29, 0.717) is 11.6 Å². The van der Waals surface area contributed by atoms with Gasteiger partial charge >= 0.3 is 0 Å². The van der Waals surface area contributed by atoms with Gasteiger partial charge in [0.05, 0.1) is 13.2 Å². The first kappa shape index (κ1) is 20.1. The van der Waals surface area contributed by atoms with Gasteiger partial charge in [0, 0.05) is 22.5 Å². The first-order chi connectivity index (χ1) is 12.6. The Labute approximate surface area is 160 Å². The van der Waals surface area contributed by atoms with Gasteiger partial charge in [0.2, 0.25) is 5.91 Å². The van der Waals surface area contributed by atoms with E-state index in [9.17, 15) is 4.79 Å². The Morgan fingerprint density at radius 2 is 1.96 bits per heavy atom. The standard InChI is InChI=1S/C21H27ClN2O2/c1-3-4-5-6-12-26-19-9-7-8-18(14-19)24-21(25)15-23-20-13-17(22)11-10-16(20)2/h7-11,13-14,23H,3-6,12,15H2,1-2H3,(H,24,25). The number of hydrogen-bond donors (Lipinski definition) is 2. The van der Waals surface area contributed by atoms with Gasteiger partial charge in [-0.2, -0.15) is 0 Å². The molecule has 0 bridgehead atoms. The number of rotatable bonds is 10. The summed E-state index contributed by atoms with van der Waals surface area (Å²) in [7, 11) is 0. The summed E-state index contributed by atoms with van der Waals surface area (Å²) in [6.45, 7) is 5.03. The molecule has 140 valence electrons. The van der Waals surface area contributed by atoms with Crippen LogP contribution in [0.1, 0.15) is 38.2 Å². The lowest BCUT2D eigenvalue weighted by Gasteiger charge is -2.11. The molecule has 2 aromatic carbocycles. The first-order valence-corrected chi connectivity index (χ1v) is 9.49. The van der Waals surface area contributed by atoms with Gasteiger partial charge in [0.15, 0.2) is 0 Å². The molecule has 0 saturated carbocycles. The minimum Gasteiger partial charge on any atom is -0.494 e. The number of carbonyl (C=O) groups excluding carboxylic acids is 1. The number of benzene rings is 2. The van der Waals surface area contributed by atoms with Crippen LogP contribution in [0.3, 0.4) is 0 Å². The first-order valence-electron chi connectivity index (χ1n) is 9.11. The molecule has 0 aromatic heterocycles. The Morgan fingerprint density at radius 1 is 1.12 bits per heavy atom. The van der Waals surface area contributed by atoms with Crippen LogP contribution < -0.4 is 15.4 Å². The van der Waals surface area contributed by atoms with Crippen LogP contribution in [0.4, 0.5) is 11.4 Å². The van der Waals surface area contributed by atoms with Crippen LogP contribution in [0, 0.1) is 6.92 Å². The Bertz CT molecular complexity index is 719. The fourth-order valence-electron chi connectivity index (χ4n) is 2.55. The highest BCUT2D eigenvalue weighted by molar-refractivity contribution is 6.30. The molecule has 0 spiro atoms. The molecular weight excluding hydrogens is 348 g/mol. The summed E-state index contributed by atoms with van der Waals surface area (Å²) in [5.74, 6) is 0.655. The number of ether oxygens (including phenoxy) is 1. The van der Waals surface area contributed by atoms with Crippen molar-refractivity contribution in [3.63, 3.8) is 0 Å². The van der Waals surface area contributed by atoms with Gasteiger partial charge in [-0.1, -0.05) is 49.9 Å². The summed E-state index contributed by atoms with van der Waals surface area (Å²) in [4.78, 5) is 12.2. The minimum absolute atomic E-state index is 0.121. The van der Waals surface area contributed by atoms with Crippen LogP contribution in [0.5, 0.6) is 5.75 Å². The van der Waals surface area contributed by atoms with Gasteiger partial charge in [0.25, 0.3) is 0 Å². The van der Waals surface area contributed by atoms with Crippen molar-refractivity contribution in [1.29, 1.82) is 0 Å². The molecule has 0 unspecified atom stereocenters. The van der Waals surface area contributed by atoms with E-state index in [1.165, 1.54) is 19.3 Å². The van der Waals surface area contributed by atoms with Gasteiger partial charge in [-0.3, -0.25) is 4.79 Å². The second-order valence-electron chi connectivity index (χ2n) is 6.30. The van der Waals surface area contributed by atoms with E-state index >= 15 is 0 Å². The lowest BCUT2D eigenvalue weighted by molar-refractivity contribution is -0.114. The number of carbonyl (C=O) groups is 1. The Kier molecular flexibility index (Phi) is 8.29. The maximum atomic E-state index is 12.2. The molecule has 1 amide bonds. The van der Waals surface area contributed by atoms with Crippen molar-refractivity contribution in [3.8, 4) is 5.75 Å². The van der Waals surface area contributed by atoms with Gasteiger partial charge in [-0.05, 0) is 43.2 Å². The normalized spacial score (nSPS) is 10.4. The fraction of sp³-hybridized carbons (Fsp3) is 0.381. The summed E-state index contributed by atoms with van der Waals surface area (Å²) in [5.41, 5.74) is 2.63. The largest absolute Gasteiger partial charge is 0.494 e. The zero-order valence-corrected chi connectivity index (χ0v) is 16.2. The number of nitrogens with one attached hydrogen (secondary N) is 2. The topological polar surface area (TPSA) is 50.4 Å². The van der Waals surface area contributed by atoms with Crippen molar-refractivity contribution in [2.45, 2.75) is 39.5 Å². The molecular formula is C21H27ClN2O2. The van der Waals surface area contributed by atoms with E-state index < -0.39 is 0 Å². The summed E-state index contributed by atoms with van der Waals surface area (Å²) in [6.07, 6.45) is 4.68. The Hall–Kier alpha value is -2.20. The number of amides is 1. The number of anilines is 2. The smallest absolute Gasteiger partial charge is 0.243 e. The molecule has 5 heteroatoms. The highest BCUT2D eigenvalue weighted by Gasteiger charge is 2.05. The van der Waals surface area contributed by atoms with Gasteiger partial charge in [-0.15, -0.1) is 0 Å². The third-order valence-corrected chi connectivity index (χ3v) is 4.26. The zero-order chi connectivity index (χ0) is 18.8. The summed E-state index contributed by atoms with van der Waals surface area (Å²) in [6, 6.07) is 13.1. The van der Waals surface area contributed by atoms with Crippen molar-refractivity contribution >= 4 is 28.9 Å². The highest BCUT2D eigenvalue weighted by Crippen LogP contribution is 2.20. The van der Waals surface area contributed by atoms with Crippen molar-refractivity contribution in [2.75, 3.05) is 23.8 Å². The number of unbranched alkanes of at least 4 members (excludes halogenated alkanes) is 3. The van der Waals surface area contributed by atoms with Gasteiger partial charge in [0.1, 0.15) is 5.75 Å².